The highest BCUT2D eigenvalue weighted by Crippen LogP contribution is 2.50. The molecule has 1 saturated carbocycles. The molecule has 0 heterocycles. The maximum Gasteiger partial charge on any atom is 0.325 e. The van der Waals surface area contributed by atoms with Crippen LogP contribution in [0.15, 0.2) is 24.3 Å². The number of hydrogen-bond donors (Lipinski definition) is 1. The number of benzene rings is 1. The van der Waals surface area contributed by atoms with Gasteiger partial charge in [0.15, 0.2) is 0 Å². The third-order valence-electron chi connectivity index (χ3n) is 3.30. The minimum Gasteiger partial charge on any atom is -0.496 e. The molecule has 0 aromatic heterocycles. The second kappa shape index (κ2) is 5.73. The molecular weight excluding hydrogens is 246 g/mol. The molecule has 0 spiro atoms. The van der Waals surface area contributed by atoms with Gasteiger partial charge in [-0.2, -0.15) is 0 Å². The number of ether oxygens (including phenoxy) is 2. The van der Waals surface area contributed by atoms with Crippen LogP contribution in [0.4, 0.5) is 0 Å². The molecule has 2 unspecified atom stereocenters. The number of rotatable bonds is 5. The summed E-state index contributed by atoms with van der Waals surface area (Å²) in [6, 6.07) is 7.69. The molecule has 1 aliphatic carbocycles. The van der Waals surface area contributed by atoms with Gasteiger partial charge in [-0.3, -0.25) is 9.59 Å². The first-order chi connectivity index (χ1) is 9.17. The smallest absolute Gasteiger partial charge is 0.325 e. The van der Waals surface area contributed by atoms with Crippen LogP contribution in [0, 0.1) is 5.92 Å². The number of nitrogens with one attached hydrogen (secondary N) is 1. The van der Waals surface area contributed by atoms with Gasteiger partial charge in [0, 0.05) is 5.92 Å². The fraction of sp³-hybridized carbons (Fsp3) is 0.429. The van der Waals surface area contributed by atoms with Crippen molar-refractivity contribution in [3.8, 4) is 5.75 Å². The van der Waals surface area contributed by atoms with Crippen molar-refractivity contribution in [2.75, 3.05) is 20.8 Å². The molecule has 19 heavy (non-hydrogen) atoms. The SMILES string of the molecule is COC(=O)CNC(=O)C1CC1c1ccccc1OC. The molecule has 2 rings (SSSR count). The highest BCUT2D eigenvalue weighted by atomic mass is 16.5. The average Bonchev–Trinajstić information content (AvgIpc) is 3.24. The molecule has 1 aromatic rings. The standard InChI is InChI=1S/C14H17NO4/c1-18-12-6-4-3-5-9(12)10-7-11(10)14(17)15-8-13(16)19-2/h3-6,10-11H,7-8H2,1-2H3,(H,15,17). The normalized spacial score (nSPS) is 20.5. The molecule has 5 nitrogen and oxygen atoms in total. The number of carbonyl (C=O) groups excluding carboxylic acids is 2. The molecule has 0 bridgehead atoms. The quantitative estimate of drug-likeness (QED) is 0.808. The summed E-state index contributed by atoms with van der Waals surface area (Å²) in [5.41, 5.74) is 1.04. The third-order valence-corrected chi connectivity index (χ3v) is 3.30. The molecule has 1 amide bonds. The first kappa shape index (κ1) is 13.4. The summed E-state index contributed by atoms with van der Waals surface area (Å²) >= 11 is 0. The predicted molar refractivity (Wildman–Crippen MR) is 68.9 cm³/mol. The van der Waals surface area contributed by atoms with Gasteiger partial charge in [-0.25, -0.2) is 0 Å². The van der Waals surface area contributed by atoms with Gasteiger partial charge >= 0.3 is 5.97 Å². The molecular formula is C14H17NO4. The van der Waals surface area contributed by atoms with Crippen molar-refractivity contribution in [2.24, 2.45) is 5.92 Å². The molecule has 2 atom stereocenters. The lowest BCUT2D eigenvalue weighted by atomic mass is 10.1. The lowest BCUT2D eigenvalue weighted by molar-refractivity contribution is -0.141. The molecule has 0 aliphatic heterocycles. The molecule has 1 aromatic carbocycles. The summed E-state index contributed by atoms with van der Waals surface area (Å²) in [6.45, 7) is -0.0789. The van der Waals surface area contributed by atoms with Crippen LogP contribution in [0.25, 0.3) is 0 Å². The van der Waals surface area contributed by atoms with Crippen LogP contribution in [0.1, 0.15) is 17.9 Å². The zero-order valence-corrected chi connectivity index (χ0v) is 11.0. The molecule has 1 fully saturated rings. The van der Waals surface area contributed by atoms with E-state index in [0.29, 0.717) is 0 Å². The van der Waals surface area contributed by atoms with Crippen molar-refractivity contribution in [3.63, 3.8) is 0 Å². The number of amides is 1. The van der Waals surface area contributed by atoms with Crippen LogP contribution in [-0.4, -0.2) is 32.6 Å². The Hall–Kier alpha value is -2.04. The highest BCUT2D eigenvalue weighted by Gasteiger charge is 2.45. The molecule has 1 aliphatic rings. The molecule has 1 N–H and O–H groups in total. The van der Waals surface area contributed by atoms with E-state index in [0.717, 1.165) is 17.7 Å². The lowest BCUT2D eigenvalue weighted by Crippen LogP contribution is -2.31. The van der Waals surface area contributed by atoms with Crippen molar-refractivity contribution in [1.82, 2.24) is 5.32 Å². The number of methoxy groups -OCH3 is 2. The van der Waals surface area contributed by atoms with E-state index in [2.05, 4.69) is 10.1 Å². The Morgan fingerprint density at radius 2 is 2.05 bits per heavy atom. The minimum atomic E-state index is -0.442. The fourth-order valence-electron chi connectivity index (χ4n) is 2.16. The largest absolute Gasteiger partial charge is 0.496 e. The molecule has 0 saturated heterocycles. The fourth-order valence-corrected chi connectivity index (χ4v) is 2.16. The van der Waals surface area contributed by atoms with Crippen LogP contribution in [-0.2, 0) is 14.3 Å². The Morgan fingerprint density at radius 3 is 2.74 bits per heavy atom. The van der Waals surface area contributed by atoms with Crippen molar-refractivity contribution >= 4 is 11.9 Å². The van der Waals surface area contributed by atoms with E-state index in [1.165, 1.54) is 7.11 Å². The Kier molecular flexibility index (Phi) is 4.04. The monoisotopic (exact) mass is 263 g/mol. The number of carbonyl (C=O) groups is 2. The van der Waals surface area contributed by atoms with Crippen LogP contribution in [0.3, 0.4) is 0 Å². The summed E-state index contributed by atoms with van der Waals surface area (Å²) in [4.78, 5) is 22.8. The van der Waals surface area contributed by atoms with Gasteiger partial charge in [0.05, 0.1) is 14.2 Å². The summed E-state index contributed by atoms with van der Waals surface area (Å²) in [6.07, 6.45) is 0.785. The Bertz CT molecular complexity index is 486. The van der Waals surface area contributed by atoms with Crippen molar-refractivity contribution in [1.29, 1.82) is 0 Å². The van der Waals surface area contributed by atoms with E-state index in [-0.39, 0.29) is 24.3 Å². The van der Waals surface area contributed by atoms with Crippen molar-refractivity contribution < 1.29 is 19.1 Å². The zero-order chi connectivity index (χ0) is 13.8. The lowest BCUT2D eigenvalue weighted by Gasteiger charge is -2.07. The molecule has 102 valence electrons. The van der Waals surface area contributed by atoms with E-state index in [9.17, 15) is 9.59 Å². The second-order valence-corrected chi connectivity index (χ2v) is 4.48. The van der Waals surface area contributed by atoms with Crippen LogP contribution >= 0.6 is 0 Å². The van der Waals surface area contributed by atoms with Crippen molar-refractivity contribution in [2.45, 2.75) is 12.3 Å². The van der Waals surface area contributed by atoms with Gasteiger partial charge in [0.2, 0.25) is 5.91 Å². The van der Waals surface area contributed by atoms with E-state index in [4.69, 9.17) is 4.74 Å². The maximum atomic E-state index is 11.8. The van der Waals surface area contributed by atoms with Gasteiger partial charge in [0.25, 0.3) is 0 Å². The van der Waals surface area contributed by atoms with Gasteiger partial charge in [0.1, 0.15) is 12.3 Å². The van der Waals surface area contributed by atoms with E-state index < -0.39 is 5.97 Å². The van der Waals surface area contributed by atoms with E-state index in [1.807, 2.05) is 24.3 Å². The van der Waals surface area contributed by atoms with E-state index >= 15 is 0 Å². The summed E-state index contributed by atoms with van der Waals surface area (Å²) in [5.74, 6) is 0.342. The first-order valence-electron chi connectivity index (χ1n) is 6.14. The molecule has 5 heteroatoms. The zero-order valence-electron chi connectivity index (χ0n) is 11.0. The second-order valence-electron chi connectivity index (χ2n) is 4.48. The minimum absolute atomic E-state index is 0.0789. The summed E-state index contributed by atoms with van der Waals surface area (Å²) in [7, 11) is 2.91. The Labute approximate surface area is 111 Å². The average molecular weight is 263 g/mol. The molecule has 0 radical (unpaired) electrons. The third kappa shape index (κ3) is 3.05. The van der Waals surface area contributed by atoms with Gasteiger partial charge in [-0.1, -0.05) is 18.2 Å². The Morgan fingerprint density at radius 1 is 1.32 bits per heavy atom. The van der Waals surface area contributed by atoms with Crippen molar-refractivity contribution in [3.05, 3.63) is 29.8 Å². The van der Waals surface area contributed by atoms with Crippen LogP contribution in [0.5, 0.6) is 5.75 Å². The first-order valence-corrected chi connectivity index (χ1v) is 6.14. The topological polar surface area (TPSA) is 64.6 Å². The maximum absolute atomic E-state index is 11.8. The predicted octanol–water partition coefficient (Wildman–Crippen LogP) is 1.09. The number of esters is 1. The highest BCUT2D eigenvalue weighted by molar-refractivity contribution is 5.86. The summed E-state index contributed by atoms with van der Waals surface area (Å²) < 4.78 is 9.76. The van der Waals surface area contributed by atoms with Gasteiger partial charge < -0.3 is 14.8 Å². The number of hydrogen-bond acceptors (Lipinski definition) is 4. The van der Waals surface area contributed by atoms with Crippen LogP contribution in [0.2, 0.25) is 0 Å². The van der Waals surface area contributed by atoms with Gasteiger partial charge in [-0.05, 0) is 24.0 Å². The number of para-hydroxylation sites is 1. The Balaban J connectivity index is 1.93. The van der Waals surface area contributed by atoms with Crippen LogP contribution < -0.4 is 10.1 Å². The van der Waals surface area contributed by atoms with Gasteiger partial charge in [-0.15, -0.1) is 0 Å². The summed E-state index contributed by atoms with van der Waals surface area (Å²) in [5, 5.41) is 2.58. The van der Waals surface area contributed by atoms with E-state index in [1.54, 1.807) is 7.11 Å².